The number of nitrogen functional groups attached to an aromatic ring is 1. The number of anilines is 1. The number of nitrogens with two attached hydrogens (primary N) is 1. The van der Waals surface area contributed by atoms with Crippen LogP contribution in [-0.2, 0) is 0 Å². The number of benzene rings is 2. The van der Waals surface area contributed by atoms with E-state index in [-0.39, 0.29) is 11.6 Å². The molecule has 0 fully saturated rings. The molecule has 4 aromatic heterocycles. The smallest absolute Gasteiger partial charge is 0.221 e. The Morgan fingerprint density at radius 1 is 1.06 bits per heavy atom. The molecule has 9 nitrogen and oxygen atoms in total. The number of aromatic nitrogens is 6. The van der Waals surface area contributed by atoms with Gasteiger partial charge in [0.15, 0.2) is 0 Å². The number of aryl methyl sites for hydroxylation is 1. The van der Waals surface area contributed by atoms with Crippen molar-refractivity contribution in [2.24, 2.45) is 0 Å². The molecule has 0 spiro atoms. The number of carbonyl (C=O) groups excluding carboxylic acids is 1. The molecule has 9 heteroatoms. The number of rotatable bonds is 5. The van der Waals surface area contributed by atoms with Crippen molar-refractivity contribution in [3.8, 4) is 22.7 Å². The molecule has 172 valence electrons. The summed E-state index contributed by atoms with van der Waals surface area (Å²) in [5.41, 5.74) is 12.2. The maximum absolute atomic E-state index is 13.3. The Balaban J connectivity index is 1.35. The van der Waals surface area contributed by atoms with E-state index in [0.717, 1.165) is 44.6 Å². The summed E-state index contributed by atoms with van der Waals surface area (Å²) in [4.78, 5) is 28.5. The van der Waals surface area contributed by atoms with Crippen LogP contribution in [0.5, 0.6) is 5.88 Å². The second kappa shape index (κ2) is 7.84. The molecular formula is C26H21N7O2. The van der Waals surface area contributed by atoms with Gasteiger partial charge in [-0.1, -0.05) is 12.1 Å². The van der Waals surface area contributed by atoms with Crippen molar-refractivity contribution in [3.05, 3.63) is 84.1 Å². The Kier molecular flexibility index (Phi) is 4.63. The summed E-state index contributed by atoms with van der Waals surface area (Å²) in [5.74, 6) is 1.40. The Labute approximate surface area is 199 Å². The molecular weight excluding hydrogens is 442 g/mol. The molecule has 2 aromatic carbocycles. The molecule has 0 aliphatic rings. The van der Waals surface area contributed by atoms with Gasteiger partial charge in [-0.2, -0.15) is 5.10 Å². The zero-order valence-corrected chi connectivity index (χ0v) is 19.0. The highest BCUT2D eigenvalue weighted by molar-refractivity contribution is 6.12. The molecule has 0 atom stereocenters. The number of nitrogens with one attached hydrogen (secondary N) is 2. The van der Waals surface area contributed by atoms with E-state index in [1.165, 1.54) is 6.20 Å². The van der Waals surface area contributed by atoms with E-state index < -0.39 is 0 Å². The first-order valence-corrected chi connectivity index (χ1v) is 11.0. The quantitative estimate of drug-likeness (QED) is 0.325. The topological polar surface area (TPSA) is 128 Å². The molecule has 35 heavy (non-hydrogen) atoms. The van der Waals surface area contributed by atoms with Gasteiger partial charge in [0.1, 0.15) is 11.6 Å². The fourth-order valence-electron chi connectivity index (χ4n) is 4.33. The van der Waals surface area contributed by atoms with Crippen molar-refractivity contribution < 1.29 is 9.53 Å². The summed E-state index contributed by atoms with van der Waals surface area (Å²) in [7, 11) is 1.59. The van der Waals surface area contributed by atoms with Crippen molar-refractivity contribution in [2.45, 2.75) is 6.92 Å². The summed E-state index contributed by atoms with van der Waals surface area (Å²) >= 11 is 0. The number of hydrogen-bond acceptors (Lipinski definition) is 6. The van der Waals surface area contributed by atoms with Crippen LogP contribution in [0.1, 0.15) is 21.9 Å². The van der Waals surface area contributed by atoms with Gasteiger partial charge < -0.3 is 20.4 Å². The van der Waals surface area contributed by atoms with E-state index in [4.69, 9.17) is 10.5 Å². The number of ketones is 1. The highest BCUT2D eigenvalue weighted by atomic mass is 16.5. The van der Waals surface area contributed by atoms with E-state index in [1.807, 2.05) is 61.5 Å². The van der Waals surface area contributed by atoms with Crippen molar-refractivity contribution >= 4 is 33.5 Å². The maximum atomic E-state index is 13.3. The highest BCUT2D eigenvalue weighted by Crippen LogP contribution is 2.31. The number of aromatic amines is 2. The summed E-state index contributed by atoms with van der Waals surface area (Å²) in [6.07, 6.45) is 3.18. The molecule has 6 aromatic rings. The van der Waals surface area contributed by atoms with Gasteiger partial charge in [-0.25, -0.2) is 14.6 Å². The van der Waals surface area contributed by atoms with Gasteiger partial charge in [0.25, 0.3) is 0 Å². The van der Waals surface area contributed by atoms with Crippen molar-refractivity contribution in [2.75, 3.05) is 12.8 Å². The van der Waals surface area contributed by atoms with Gasteiger partial charge in [0.05, 0.1) is 41.3 Å². The monoisotopic (exact) mass is 463 g/mol. The van der Waals surface area contributed by atoms with Gasteiger partial charge in [-0.3, -0.25) is 4.79 Å². The average molecular weight is 464 g/mol. The van der Waals surface area contributed by atoms with Crippen LogP contribution < -0.4 is 10.5 Å². The lowest BCUT2D eigenvalue weighted by atomic mass is 10.1. The lowest BCUT2D eigenvalue weighted by Gasteiger charge is -2.06. The van der Waals surface area contributed by atoms with E-state index in [0.29, 0.717) is 17.1 Å². The standard InChI is InChI=1S/C26H21N7O2/c1-14-30-20-8-7-17(12-22(20)31-14)33-25(27)19(13-29-33)24(34)23-11-16-6-5-15(10-21(16)32-23)18-4-3-9-28-26(18)35-2/h3-13,32H,27H2,1-2H3,(H,30,31). The molecule has 0 amide bonds. The van der Waals surface area contributed by atoms with Crippen LogP contribution in [0.15, 0.2) is 67.0 Å². The average Bonchev–Trinajstić information content (AvgIpc) is 3.58. The predicted molar refractivity (Wildman–Crippen MR) is 134 cm³/mol. The third-order valence-electron chi connectivity index (χ3n) is 6.02. The van der Waals surface area contributed by atoms with Gasteiger partial charge in [-0.05, 0) is 55.0 Å². The predicted octanol–water partition coefficient (Wildman–Crippen LogP) is 4.42. The number of methoxy groups -OCH3 is 1. The lowest BCUT2D eigenvalue weighted by Crippen LogP contribution is -2.07. The molecule has 0 bridgehead atoms. The van der Waals surface area contributed by atoms with Crippen LogP contribution in [0, 0.1) is 6.92 Å². The van der Waals surface area contributed by atoms with E-state index in [2.05, 4.69) is 25.0 Å². The molecule has 0 aliphatic carbocycles. The minimum Gasteiger partial charge on any atom is -0.481 e. The molecule has 0 radical (unpaired) electrons. The van der Waals surface area contributed by atoms with E-state index in [1.54, 1.807) is 18.0 Å². The zero-order valence-electron chi connectivity index (χ0n) is 19.0. The zero-order chi connectivity index (χ0) is 24.1. The normalized spacial score (nSPS) is 11.4. The summed E-state index contributed by atoms with van der Waals surface area (Å²) in [5, 5.41) is 5.28. The van der Waals surface area contributed by atoms with E-state index in [9.17, 15) is 4.79 Å². The Bertz CT molecular complexity index is 1740. The third-order valence-corrected chi connectivity index (χ3v) is 6.02. The second-order valence-electron chi connectivity index (χ2n) is 8.25. The number of pyridine rings is 1. The van der Waals surface area contributed by atoms with Crippen LogP contribution in [-0.4, -0.2) is 42.6 Å². The minimum atomic E-state index is -0.232. The molecule has 0 saturated carbocycles. The van der Waals surface area contributed by atoms with Crippen molar-refractivity contribution in [3.63, 3.8) is 0 Å². The molecule has 4 heterocycles. The molecule has 0 aliphatic heterocycles. The second-order valence-corrected chi connectivity index (χ2v) is 8.25. The first kappa shape index (κ1) is 20.7. The van der Waals surface area contributed by atoms with Crippen LogP contribution in [0.4, 0.5) is 5.82 Å². The van der Waals surface area contributed by atoms with Crippen LogP contribution in [0.25, 0.3) is 38.8 Å². The molecule has 0 unspecified atom stereocenters. The SMILES string of the molecule is COc1ncccc1-c1ccc2cc(C(=O)c3cnn(-c4ccc5nc(C)[nH]c5c4)c3N)[nH]c2c1. The molecule has 6 rings (SSSR count). The Morgan fingerprint density at radius 3 is 2.80 bits per heavy atom. The Hall–Kier alpha value is -4.92. The molecule has 0 saturated heterocycles. The number of hydrogen-bond donors (Lipinski definition) is 3. The number of nitrogens with zero attached hydrogens (tertiary/aromatic N) is 4. The first-order chi connectivity index (χ1) is 17.0. The lowest BCUT2D eigenvalue weighted by molar-refractivity contribution is 0.103. The Morgan fingerprint density at radius 2 is 1.94 bits per heavy atom. The van der Waals surface area contributed by atoms with Crippen LogP contribution >= 0.6 is 0 Å². The third kappa shape index (κ3) is 3.41. The van der Waals surface area contributed by atoms with Crippen molar-refractivity contribution in [1.82, 2.24) is 29.7 Å². The molecule has 4 N–H and O–H groups in total. The van der Waals surface area contributed by atoms with Gasteiger partial charge in [0, 0.05) is 22.7 Å². The first-order valence-electron chi connectivity index (χ1n) is 11.0. The highest BCUT2D eigenvalue weighted by Gasteiger charge is 2.20. The number of ether oxygens (including phenoxy) is 1. The van der Waals surface area contributed by atoms with Gasteiger partial charge in [0.2, 0.25) is 11.7 Å². The summed E-state index contributed by atoms with van der Waals surface area (Å²) < 4.78 is 6.94. The van der Waals surface area contributed by atoms with Gasteiger partial charge in [-0.15, -0.1) is 0 Å². The summed E-state index contributed by atoms with van der Waals surface area (Å²) in [6.45, 7) is 1.90. The van der Waals surface area contributed by atoms with Crippen LogP contribution in [0.2, 0.25) is 0 Å². The minimum absolute atomic E-state index is 0.232. The largest absolute Gasteiger partial charge is 0.481 e. The number of H-pyrrole nitrogens is 2. The fraction of sp³-hybridized carbons (Fsp3) is 0.0769. The van der Waals surface area contributed by atoms with Crippen molar-refractivity contribution in [1.29, 1.82) is 0 Å². The van der Waals surface area contributed by atoms with E-state index >= 15 is 0 Å². The maximum Gasteiger partial charge on any atom is 0.221 e. The number of imidazole rings is 1. The number of fused-ring (bicyclic) bond motifs is 2. The number of carbonyl (C=O) groups is 1. The van der Waals surface area contributed by atoms with Crippen LogP contribution in [0.3, 0.4) is 0 Å². The fourth-order valence-corrected chi connectivity index (χ4v) is 4.33. The summed E-state index contributed by atoms with van der Waals surface area (Å²) in [6, 6.07) is 17.2. The van der Waals surface area contributed by atoms with Gasteiger partial charge >= 0.3 is 0 Å².